The summed E-state index contributed by atoms with van der Waals surface area (Å²) in [5.41, 5.74) is 1.70. The van der Waals surface area contributed by atoms with Gasteiger partial charge in [0.15, 0.2) is 5.58 Å². The SMILES string of the molecule is O=C(Nc1cccc(-c2nc3cc(Cl)cc(Cl)c3o2)c1)c1ccc(Cl)c([N+](=O)[O-])c1. The predicted molar refractivity (Wildman–Crippen MR) is 116 cm³/mol. The van der Waals surface area contributed by atoms with Crippen molar-refractivity contribution >= 4 is 63.2 Å². The summed E-state index contributed by atoms with van der Waals surface area (Å²) >= 11 is 17.9. The van der Waals surface area contributed by atoms with Gasteiger partial charge in [0.25, 0.3) is 11.6 Å². The Hall–Kier alpha value is -3.13. The average Bonchev–Trinajstić information content (AvgIpc) is 3.12. The van der Waals surface area contributed by atoms with Crippen molar-refractivity contribution in [1.29, 1.82) is 0 Å². The molecule has 0 aliphatic carbocycles. The number of rotatable bonds is 4. The molecular weight excluding hydrogens is 453 g/mol. The number of carbonyl (C=O) groups is 1. The van der Waals surface area contributed by atoms with E-state index in [1.807, 2.05) is 0 Å². The van der Waals surface area contributed by atoms with Gasteiger partial charge in [-0.3, -0.25) is 14.9 Å². The second-order valence-electron chi connectivity index (χ2n) is 6.21. The highest BCUT2D eigenvalue weighted by Gasteiger charge is 2.17. The Morgan fingerprint density at radius 3 is 2.60 bits per heavy atom. The van der Waals surface area contributed by atoms with Gasteiger partial charge in [0.05, 0.1) is 9.95 Å². The lowest BCUT2D eigenvalue weighted by Crippen LogP contribution is -2.12. The normalized spacial score (nSPS) is 10.9. The van der Waals surface area contributed by atoms with Gasteiger partial charge in [-0.2, -0.15) is 0 Å². The first-order valence-electron chi connectivity index (χ1n) is 8.43. The van der Waals surface area contributed by atoms with E-state index in [1.54, 1.807) is 36.4 Å². The molecule has 0 radical (unpaired) electrons. The Labute approximate surface area is 184 Å². The monoisotopic (exact) mass is 461 g/mol. The number of hydrogen-bond acceptors (Lipinski definition) is 5. The van der Waals surface area contributed by atoms with Crippen LogP contribution in [0.15, 0.2) is 59.0 Å². The third-order valence-electron chi connectivity index (χ3n) is 4.18. The minimum atomic E-state index is -0.648. The molecule has 1 N–H and O–H groups in total. The first-order chi connectivity index (χ1) is 14.3. The standard InChI is InChI=1S/C20H10Cl3N3O4/c21-12-8-15(23)18-16(9-12)25-20(30-18)11-2-1-3-13(6-11)24-19(27)10-4-5-14(22)17(7-10)26(28)29/h1-9H,(H,24,27). The van der Waals surface area contributed by atoms with E-state index in [-0.39, 0.29) is 16.3 Å². The minimum absolute atomic E-state index is 0.0479. The van der Waals surface area contributed by atoms with E-state index in [2.05, 4.69) is 10.3 Å². The van der Waals surface area contributed by atoms with Gasteiger partial charge in [-0.05, 0) is 42.5 Å². The molecule has 0 atom stereocenters. The van der Waals surface area contributed by atoms with E-state index in [1.165, 1.54) is 12.1 Å². The Morgan fingerprint density at radius 2 is 1.83 bits per heavy atom. The summed E-state index contributed by atoms with van der Waals surface area (Å²) in [7, 11) is 0. The lowest BCUT2D eigenvalue weighted by Gasteiger charge is -2.07. The van der Waals surface area contributed by atoms with Crippen molar-refractivity contribution in [1.82, 2.24) is 4.98 Å². The summed E-state index contributed by atoms with van der Waals surface area (Å²) in [6.45, 7) is 0. The van der Waals surface area contributed by atoms with Crippen molar-refractivity contribution in [3.8, 4) is 11.5 Å². The largest absolute Gasteiger partial charge is 0.435 e. The number of aromatic nitrogens is 1. The number of benzene rings is 3. The highest BCUT2D eigenvalue weighted by molar-refractivity contribution is 6.38. The zero-order valence-electron chi connectivity index (χ0n) is 14.9. The van der Waals surface area contributed by atoms with E-state index in [9.17, 15) is 14.9 Å². The quantitative estimate of drug-likeness (QED) is 0.271. The highest BCUT2D eigenvalue weighted by atomic mass is 35.5. The molecule has 1 amide bonds. The van der Waals surface area contributed by atoms with E-state index >= 15 is 0 Å². The fourth-order valence-electron chi connectivity index (χ4n) is 2.81. The number of amides is 1. The number of fused-ring (bicyclic) bond motifs is 1. The van der Waals surface area contributed by atoms with Crippen LogP contribution in [-0.2, 0) is 0 Å². The number of anilines is 1. The summed E-state index contributed by atoms with van der Waals surface area (Å²) in [4.78, 5) is 27.3. The van der Waals surface area contributed by atoms with Crippen molar-refractivity contribution in [2.24, 2.45) is 0 Å². The molecule has 4 aromatic rings. The minimum Gasteiger partial charge on any atom is -0.435 e. The van der Waals surface area contributed by atoms with E-state index in [0.29, 0.717) is 38.3 Å². The molecule has 1 heterocycles. The number of nitrogens with zero attached hydrogens (tertiary/aromatic N) is 2. The zero-order chi connectivity index (χ0) is 21.4. The number of oxazole rings is 1. The van der Waals surface area contributed by atoms with Crippen LogP contribution in [0, 0.1) is 10.1 Å². The van der Waals surface area contributed by atoms with Gasteiger partial charge in [0, 0.05) is 27.9 Å². The van der Waals surface area contributed by atoms with Crippen LogP contribution in [0.2, 0.25) is 15.1 Å². The molecule has 0 saturated carbocycles. The molecule has 0 spiro atoms. The Kier molecular flexibility index (Phi) is 5.34. The van der Waals surface area contributed by atoms with Crippen LogP contribution >= 0.6 is 34.8 Å². The molecule has 3 aromatic carbocycles. The van der Waals surface area contributed by atoms with Crippen molar-refractivity contribution in [2.45, 2.75) is 0 Å². The van der Waals surface area contributed by atoms with Gasteiger partial charge in [0.1, 0.15) is 10.5 Å². The summed E-state index contributed by atoms with van der Waals surface area (Å²) in [5, 5.41) is 14.4. The van der Waals surface area contributed by atoms with E-state index in [4.69, 9.17) is 39.2 Å². The maximum atomic E-state index is 12.5. The first kappa shape index (κ1) is 20.2. The molecule has 150 valence electrons. The molecule has 0 saturated heterocycles. The average molecular weight is 463 g/mol. The second kappa shape index (κ2) is 7.95. The van der Waals surface area contributed by atoms with Crippen molar-refractivity contribution in [3.05, 3.63) is 85.3 Å². The number of nitro benzene ring substituents is 1. The summed E-state index contributed by atoms with van der Waals surface area (Å²) in [5.74, 6) is -0.230. The maximum absolute atomic E-state index is 12.5. The molecule has 0 bridgehead atoms. The van der Waals surface area contributed by atoms with Crippen LogP contribution in [-0.4, -0.2) is 15.8 Å². The fourth-order valence-corrected chi connectivity index (χ4v) is 3.52. The smallest absolute Gasteiger partial charge is 0.288 e. The lowest BCUT2D eigenvalue weighted by molar-refractivity contribution is -0.384. The topological polar surface area (TPSA) is 98.3 Å². The summed E-state index contributed by atoms with van der Waals surface area (Å²) in [6, 6.07) is 13.8. The van der Waals surface area contributed by atoms with Crippen molar-refractivity contribution in [3.63, 3.8) is 0 Å². The van der Waals surface area contributed by atoms with Crippen molar-refractivity contribution in [2.75, 3.05) is 5.32 Å². The number of nitrogens with one attached hydrogen (secondary N) is 1. The van der Waals surface area contributed by atoms with Crippen LogP contribution in [0.25, 0.3) is 22.6 Å². The van der Waals surface area contributed by atoms with Gasteiger partial charge >= 0.3 is 0 Å². The molecule has 1 aromatic heterocycles. The Morgan fingerprint density at radius 1 is 1.03 bits per heavy atom. The Balaban J connectivity index is 1.63. The molecule has 4 rings (SSSR count). The van der Waals surface area contributed by atoms with Gasteiger partial charge in [-0.15, -0.1) is 0 Å². The molecule has 0 unspecified atom stereocenters. The number of carbonyl (C=O) groups excluding carboxylic acids is 1. The third kappa shape index (κ3) is 3.95. The lowest BCUT2D eigenvalue weighted by atomic mass is 10.1. The first-order valence-corrected chi connectivity index (χ1v) is 9.56. The van der Waals surface area contributed by atoms with E-state index < -0.39 is 10.8 Å². The molecule has 0 aliphatic rings. The molecule has 0 fully saturated rings. The van der Waals surface area contributed by atoms with E-state index in [0.717, 1.165) is 6.07 Å². The third-order valence-corrected chi connectivity index (χ3v) is 5.00. The highest BCUT2D eigenvalue weighted by Crippen LogP contribution is 2.32. The van der Waals surface area contributed by atoms with Crippen LogP contribution in [0.4, 0.5) is 11.4 Å². The van der Waals surface area contributed by atoms with Gasteiger partial charge in [-0.1, -0.05) is 40.9 Å². The zero-order valence-corrected chi connectivity index (χ0v) is 17.1. The van der Waals surface area contributed by atoms with Crippen LogP contribution < -0.4 is 5.32 Å². The summed E-state index contributed by atoms with van der Waals surface area (Å²) in [6.07, 6.45) is 0. The predicted octanol–water partition coefficient (Wildman–Crippen LogP) is 6.62. The molecule has 7 nitrogen and oxygen atoms in total. The maximum Gasteiger partial charge on any atom is 0.288 e. The van der Waals surface area contributed by atoms with Crippen LogP contribution in [0.1, 0.15) is 10.4 Å². The van der Waals surface area contributed by atoms with Gasteiger partial charge in [-0.25, -0.2) is 4.98 Å². The Bertz CT molecular complexity index is 1320. The number of hydrogen-bond donors (Lipinski definition) is 1. The van der Waals surface area contributed by atoms with Gasteiger partial charge in [0.2, 0.25) is 5.89 Å². The van der Waals surface area contributed by atoms with Crippen molar-refractivity contribution < 1.29 is 14.1 Å². The molecule has 0 aliphatic heterocycles. The van der Waals surface area contributed by atoms with Crippen LogP contribution in [0.5, 0.6) is 0 Å². The fraction of sp³-hybridized carbons (Fsp3) is 0. The number of halogens is 3. The molecule has 10 heteroatoms. The van der Waals surface area contributed by atoms with Gasteiger partial charge < -0.3 is 9.73 Å². The van der Waals surface area contributed by atoms with Crippen LogP contribution in [0.3, 0.4) is 0 Å². The second-order valence-corrected chi connectivity index (χ2v) is 7.46. The molecular formula is C20H10Cl3N3O4. The number of nitro groups is 1. The molecule has 30 heavy (non-hydrogen) atoms. The summed E-state index contributed by atoms with van der Waals surface area (Å²) < 4.78 is 5.74.